The summed E-state index contributed by atoms with van der Waals surface area (Å²) >= 11 is 8.15. The van der Waals surface area contributed by atoms with Gasteiger partial charge in [0.15, 0.2) is 0 Å². The van der Waals surface area contributed by atoms with Gasteiger partial charge in [0.1, 0.15) is 24.3 Å². The number of carbonyl (C=O) groups excluding carboxylic acids is 1. The second-order valence-electron chi connectivity index (χ2n) is 8.21. The van der Waals surface area contributed by atoms with Crippen LogP contribution in [-0.4, -0.2) is 48.1 Å². The average molecular weight is 481 g/mol. The molecule has 2 aromatic carbocycles. The number of para-hydroxylation sites is 1. The molecule has 1 aromatic heterocycles. The summed E-state index contributed by atoms with van der Waals surface area (Å²) in [6.45, 7) is 2.23. The maximum absolute atomic E-state index is 13.8. The van der Waals surface area contributed by atoms with Gasteiger partial charge in [0.25, 0.3) is 5.91 Å². The number of halogens is 1. The maximum atomic E-state index is 13.8. The lowest BCUT2D eigenvalue weighted by molar-refractivity contribution is 0.100. The van der Waals surface area contributed by atoms with Crippen molar-refractivity contribution in [1.82, 2.24) is 9.32 Å². The Bertz CT molecular complexity index is 1240. The van der Waals surface area contributed by atoms with Crippen LogP contribution in [0, 0.1) is 0 Å². The van der Waals surface area contributed by atoms with Gasteiger partial charge in [-0.25, -0.2) is 4.42 Å². The molecule has 3 aromatic rings. The summed E-state index contributed by atoms with van der Waals surface area (Å²) in [5.41, 5.74) is 0.735. The van der Waals surface area contributed by atoms with Gasteiger partial charge in [0, 0.05) is 24.9 Å². The number of fused-ring (bicyclic) bond motifs is 1. The fourth-order valence-corrected chi connectivity index (χ4v) is 5.09. The number of piperidine rings is 1. The van der Waals surface area contributed by atoms with Gasteiger partial charge in [-0.1, -0.05) is 30.3 Å². The van der Waals surface area contributed by atoms with Gasteiger partial charge < -0.3 is 9.64 Å². The van der Waals surface area contributed by atoms with Gasteiger partial charge in [0.2, 0.25) is 0 Å². The van der Waals surface area contributed by atoms with Crippen molar-refractivity contribution in [1.29, 1.82) is 0 Å². The number of carbonyl (C=O) groups is 1. The quantitative estimate of drug-likeness (QED) is 0.523. The lowest BCUT2D eigenvalue weighted by Crippen LogP contribution is -2.47. The van der Waals surface area contributed by atoms with Crippen molar-refractivity contribution in [2.45, 2.75) is 18.9 Å². The Hall–Kier alpha value is -2.87. The number of ether oxygens (including phenoxy) is 1. The molecule has 0 spiro atoms. The molecule has 8 heteroatoms. The normalized spacial score (nSPS) is 16.8. The van der Waals surface area contributed by atoms with Gasteiger partial charge in [0.05, 0.1) is 21.1 Å². The number of amides is 1. The van der Waals surface area contributed by atoms with E-state index in [9.17, 15) is 4.79 Å². The molecule has 0 bridgehead atoms. The molecule has 6 nitrogen and oxygen atoms in total. The minimum absolute atomic E-state index is 0.109. The van der Waals surface area contributed by atoms with E-state index in [-0.39, 0.29) is 18.7 Å². The number of anilines is 1. The molecule has 0 unspecified atom stereocenters. The molecular weight excluding hydrogens is 456 g/mol. The zero-order valence-electron chi connectivity index (χ0n) is 18.4. The van der Waals surface area contributed by atoms with Crippen molar-refractivity contribution in [2.75, 3.05) is 31.7 Å². The summed E-state index contributed by atoms with van der Waals surface area (Å²) in [5.74, 6) is 1.12. The van der Waals surface area contributed by atoms with Crippen molar-refractivity contribution in [2.24, 2.45) is 4.99 Å². The topological polar surface area (TPSA) is 48.4 Å². The highest BCUT2D eigenvalue weighted by Gasteiger charge is 2.30. The van der Waals surface area contributed by atoms with Gasteiger partial charge in [-0.2, -0.15) is 0 Å². The second kappa shape index (κ2) is 9.55. The van der Waals surface area contributed by atoms with Crippen LogP contribution in [0.25, 0.3) is 5.82 Å². The SMILES string of the molecule is CN1CCC(Oc2cccc3c2=C(N(C(=O)c2cccs2)c2ccccc2)N(Cl)CN=3)CC1. The van der Waals surface area contributed by atoms with Crippen LogP contribution in [0.15, 0.2) is 71.0 Å². The number of hydrogen-bond acceptors (Lipinski definition) is 6. The number of nitrogens with zero attached hydrogens (tertiary/aromatic N) is 4. The minimum atomic E-state index is -0.140. The molecule has 0 N–H and O–H groups in total. The summed E-state index contributed by atoms with van der Waals surface area (Å²) in [5, 5.41) is 3.41. The Morgan fingerprint density at radius 1 is 1.09 bits per heavy atom. The summed E-state index contributed by atoms with van der Waals surface area (Å²) < 4.78 is 8.01. The molecule has 0 aliphatic carbocycles. The van der Waals surface area contributed by atoms with Crippen LogP contribution in [0.3, 0.4) is 0 Å². The molecule has 0 atom stereocenters. The summed E-state index contributed by atoms with van der Waals surface area (Å²) in [7, 11) is 2.13. The van der Waals surface area contributed by atoms with E-state index in [1.54, 1.807) is 4.90 Å². The highest BCUT2D eigenvalue weighted by Crippen LogP contribution is 2.28. The molecule has 0 saturated carbocycles. The lowest BCUT2D eigenvalue weighted by atomic mass is 10.1. The first-order valence-corrected chi connectivity index (χ1v) is 12.2. The average Bonchev–Trinajstić information content (AvgIpc) is 3.38. The Morgan fingerprint density at radius 2 is 1.88 bits per heavy atom. The largest absolute Gasteiger partial charge is 0.489 e. The van der Waals surface area contributed by atoms with Gasteiger partial charge in [-0.15, -0.1) is 11.3 Å². The predicted octanol–water partition coefficient (Wildman–Crippen LogP) is 3.68. The van der Waals surface area contributed by atoms with Crippen molar-refractivity contribution < 1.29 is 9.53 Å². The molecule has 33 heavy (non-hydrogen) atoms. The molecular formula is C25H25ClN4O2S. The summed E-state index contributed by atoms with van der Waals surface area (Å²) in [4.78, 5) is 23.0. The fourth-order valence-electron chi connectivity index (χ4n) is 4.23. The number of benzene rings is 2. The van der Waals surface area contributed by atoms with Gasteiger partial charge in [-0.3, -0.25) is 14.7 Å². The first kappa shape index (κ1) is 21.9. The Labute approximate surface area is 202 Å². The number of hydrogen-bond donors (Lipinski definition) is 0. The van der Waals surface area contributed by atoms with Crippen LogP contribution in [0.1, 0.15) is 22.5 Å². The molecule has 170 valence electrons. The van der Waals surface area contributed by atoms with Crippen molar-refractivity contribution in [3.8, 4) is 5.75 Å². The summed E-state index contributed by atoms with van der Waals surface area (Å²) in [6, 6.07) is 19.1. The van der Waals surface area contributed by atoms with Crippen molar-refractivity contribution in [3.05, 3.63) is 81.5 Å². The number of likely N-dealkylation sites (tertiary alicyclic amines) is 1. The van der Waals surface area contributed by atoms with E-state index >= 15 is 0 Å². The molecule has 0 radical (unpaired) electrons. The predicted molar refractivity (Wildman–Crippen MR) is 132 cm³/mol. The van der Waals surface area contributed by atoms with Crippen LogP contribution in [0.4, 0.5) is 5.69 Å². The van der Waals surface area contributed by atoms with Crippen molar-refractivity contribution in [3.63, 3.8) is 0 Å². The van der Waals surface area contributed by atoms with E-state index in [0.29, 0.717) is 16.4 Å². The van der Waals surface area contributed by atoms with Crippen molar-refractivity contribution >= 4 is 40.5 Å². The molecule has 2 aliphatic rings. The smallest absolute Gasteiger partial charge is 0.274 e. The van der Waals surface area contributed by atoms with Crippen LogP contribution in [-0.2, 0) is 0 Å². The van der Waals surface area contributed by atoms with Gasteiger partial charge >= 0.3 is 0 Å². The molecule has 5 rings (SSSR count). The third-order valence-electron chi connectivity index (χ3n) is 5.94. The molecule has 2 aliphatic heterocycles. The van der Waals surface area contributed by atoms with Gasteiger partial charge in [-0.05, 0) is 55.6 Å². The Balaban J connectivity index is 1.68. The van der Waals surface area contributed by atoms with E-state index in [1.807, 2.05) is 66.0 Å². The number of thiophene rings is 1. The highest BCUT2D eigenvalue weighted by atomic mass is 35.5. The minimum Gasteiger partial charge on any atom is -0.489 e. The van der Waals surface area contributed by atoms with E-state index in [1.165, 1.54) is 15.8 Å². The first-order valence-electron chi connectivity index (χ1n) is 11.0. The van der Waals surface area contributed by atoms with E-state index in [4.69, 9.17) is 16.5 Å². The summed E-state index contributed by atoms with van der Waals surface area (Å²) in [6.07, 6.45) is 2.01. The third-order valence-corrected chi connectivity index (χ3v) is 7.07. The zero-order chi connectivity index (χ0) is 22.8. The maximum Gasteiger partial charge on any atom is 0.274 e. The highest BCUT2D eigenvalue weighted by molar-refractivity contribution is 7.12. The van der Waals surface area contributed by atoms with E-state index < -0.39 is 0 Å². The Kier molecular flexibility index (Phi) is 6.35. The lowest BCUT2D eigenvalue weighted by Gasteiger charge is -2.33. The number of rotatable bonds is 5. The third kappa shape index (κ3) is 4.49. The Morgan fingerprint density at radius 3 is 2.61 bits per heavy atom. The first-order chi connectivity index (χ1) is 16.1. The molecule has 1 saturated heterocycles. The van der Waals surface area contributed by atoms with Crippen LogP contribution in [0.2, 0.25) is 0 Å². The second-order valence-corrected chi connectivity index (χ2v) is 9.57. The van der Waals surface area contributed by atoms with Crippen LogP contribution >= 0.6 is 23.1 Å². The van der Waals surface area contributed by atoms with Crippen LogP contribution < -0.4 is 20.2 Å². The van der Waals surface area contributed by atoms with E-state index in [2.05, 4.69) is 16.9 Å². The molecule has 1 amide bonds. The molecule has 1 fully saturated rings. The fraction of sp³-hybridized carbons (Fsp3) is 0.280. The monoisotopic (exact) mass is 480 g/mol. The zero-order valence-corrected chi connectivity index (χ0v) is 19.9. The van der Waals surface area contributed by atoms with Crippen LogP contribution in [0.5, 0.6) is 5.75 Å². The van der Waals surface area contributed by atoms with E-state index in [0.717, 1.165) is 42.2 Å². The standard InChI is InChI=1S/C25H25ClN4O2S/c1-28-14-12-19(13-15-28)32-21-10-5-9-20-23(21)24(29(26)17-27-20)30(18-7-3-2-4-8-18)25(31)22-11-6-16-33-22/h2-11,16,19H,12-15,17H2,1H3. The molecule has 3 heterocycles.